The summed E-state index contributed by atoms with van der Waals surface area (Å²) in [4.78, 5) is 26.1. The molecule has 9 heteroatoms. The van der Waals surface area contributed by atoms with Crippen LogP contribution in [0.2, 0.25) is 0 Å². The Hall–Kier alpha value is -2.00. The number of amides is 2. The molecule has 2 amide bonds. The fraction of sp³-hybridized carbons (Fsp3) is 0.579. The van der Waals surface area contributed by atoms with Gasteiger partial charge in [-0.25, -0.2) is 12.8 Å². The first-order valence-electron chi connectivity index (χ1n) is 9.69. The number of hydrogen-bond acceptors (Lipinski definition) is 4. The molecule has 1 aliphatic heterocycles. The van der Waals surface area contributed by atoms with Gasteiger partial charge in [-0.3, -0.25) is 9.59 Å². The predicted octanol–water partition coefficient (Wildman–Crippen LogP) is 1.36. The second kappa shape index (κ2) is 9.00. The lowest BCUT2D eigenvalue weighted by molar-refractivity contribution is -0.135. The summed E-state index contributed by atoms with van der Waals surface area (Å²) in [5.41, 5.74) is 0. The number of sulfonamides is 1. The maximum atomic E-state index is 13.0. The summed E-state index contributed by atoms with van der Waals surface area (Å²) in [6.45, 7) is 0.807. The molecule has 0 spiro atoms. The van der Waals surface area contributed by atoms with E-state index in [1.54, 1.807) is 4.90 Å². The Balaban J connectivity index is 1.48. The average Bonchev–Trinajstić information content (AvgIpc) is 2.73. The Kier molecular flexibility index (Phi) is 6.66. The largest absolute Gasteiger partial charge is 0.347 e. The lowest BCUT2D eigenvalue weighted by atomic mass is 9.89. The fourth-order valence-electron chi connectivity index (χ4n) is 3.72. The minimum absolute atomic E-state index is 0.000695. The molecule has 0 unspecified atom stereocenters. The third kappa shape index (κ3) is 4.88. The topological polar surface area (TPSA) is 86.8 Å². The molecule has 2 aliphatic rings. The molecule has 28 heavy (non-hydrogen) atoms. The number of halogens is 1. The van der Waals surface area contributed by atoms with Crippen LogP contribution in [0.15, 0.2) is 29.2 Å². The van der Waals surface area contributed by atoms with Crippen LogP contribution in [0.4, 0.5) is 4.39 Å². The highest BCUT2D eigenvalue weighted by molar-refractivity contribution is 7.89. The van der Waals surface area contributed by atoms with Crippen molar-refractivity contribution < 1.29 is 22.4 Å². The molecule has 154 valence electrons. The van der Waals surface area contributed by atoms with E-state index in [1.165, 1.54) is 16.4 Å². The minimum Gasteiger partial charge on any atom is -0.347 e. The highest BCUT2D eigenvalue weighted by Gasteiger charge is 2.30. The van der Waals surface area contributed by atoms with E-state index in [0.29, 0.717) is 0 Å². The smallest absolute Gasteiger partial charge is 0.243 e. The van der Waals surface area contributed by atoms with Crippen LogP contribution in [0.1, 0.15) is 32.1 Å². The van der Waals surface area contributed by atoms with Crippen molar-refractivity contribution in [1.82, 2.24) is 14.5 Å². The van der Waals surface area contributed by atoms with Gasteiger partial charge in [0.2, 0.25) is 21.8 Å². The second-order valence-corrected chi connectivity index (χ2v) is 9.23. The fourth-order valence-corrected chi connectivity index (χ4v) is 5.14. The van der Waals surface area contributed by atoms with Crippen molar-refractivity contribution in [3.8, 4) is 0 Å². The van der Waals surface area contributed by atoms with E-state index in [9.17, 15) is 22.4 Å². The summed E-state index contributed by atoms with van der Waals surface area (Å²) < 4.78 is 39.5. The van der Waals surface area contributed by atoms with Crippen molar-refractivity contribution in [1.29, 1.82) is 0 Å². The normalized spacial score (nSPS) is 19.4. The molecule has 0 radical (unpaired) electrons. The van der Waals surface area contributed by atoms with Gasteiger partial charge >= 0.3 is 0 Å². The summed E-state index contributed by atoms with van der Waals surface area (Å²) in [5, 5.41) is 2.72. The van der Waals surface area contributed by atoms with E-state index >= 15 is 0 Å². The third-order valence-corrected chi connectivity index (χ3v) is 7.35. The van der Waals surface area contributed by atoms with Crippen LogP contribution in [0.25, 0.3) is 0 Å². The van der Waals surface area contributed by atoms with E-state index in [1.807, 2.05) is 0 Å². The van der Waals surface area contributed by atoms with Crippen LogP contribution in [0.5, 0.6) is 0 Å². The van der Waals surface area contributed by atoms with Crippen molar-refractivity contribution in [2.24, 2.45) is 5.92 Å². The first-order chi connectivity index (χ1) is 13.4. The SMILES string of the molecule is O=C(NCC(=O)N1CCN(S(=O)(=O)c2ccc(F)cc2)CC1)C1CCCCC1. The van der Waals surface area contributed by atoms with Crippen molar-refractivity contribution in [3.63, 3.8) is 0 Å². The zero-order chi connectivity index (χ0) is 20.1. The molecule has 1 saturated heterocycles. The van der Waals surface area contributed by atoms with Crippen molar-refractivity contribution in [3.05, 3.63) is 30.1 Å². The van der Waals surface area contributed by atoms with Gasteiger partial charge < -0.3 is 10.2 Å². The summed E-state index contributed by atoms with van der Waals surface area (Å²) in [6, 6.07) is 4.70. The quantitative estimate of drug-likeness (QED) is 0.793. The van der Waals surface area contributed by atoms with Crippen molar-refractivity contribution in [2.45, 2.75) is 37.0 Å². The van der Waals surface area contributed by atoms with Gasteiger partial charge in [0.05, 0.1) is 11.4 Å². The molecule has 7 nitrogen and oxygen atoms in total. The van der Waals surface area contributed by atoms with Crippen LogP contribution in [0.3, 0.4) is 0 Å². The van der Waals surface area contributed by atoms with Gasteiger partial charge in [0.1, 0.15) is 5.82 Å². The zero-order valence-corrected chi connectivity index (χ0v) is 16.6. The molecule has 1 heterocycles. The second-order valence-electron chi connectivity index (χ2n) is 7.29. The highest BCUT2D eigenvalue weighted by Crippen LogP contribution is 2.23. The molecular weight excluding hydrogens is 385 g/mol. The lowest BCUT2D eigenvalue weighted by Crippen LogP contribution is -2.52. The van der Waals surface area contributed by atoms with E-state index in [2.05, 4.69) is 5.32 Å². The van der Waals surface area contributed by atoms with E-state index in [4.69, 9.17) is 0 Å². The molecule has 1 aromatic rings. The number of nitrogens with zero attached hydrogens (tertiary/aromatic N) is 2. The van der Waals surface area contributed by atoms with Crippen LogP contribution in [-0.2, 0) is 19.6 Å². The molecule has 3 rings (SSSR count). The van der Waals surface area contributed by atoms with Gasteiger partial charge in [-0.15, -0.1) is 0 Å². The highest BCUT2D eigenvalue weighted by atomic mass is 32.2. The van der Waals surface area contributed by atoms with E-state index in [0.717, 1.165) is 44.2 Å². The Morgan fingerprint density at radius 3 is 2.21 bits per heavy atom. The summed E-state index contributed by atoms with van der Waals surface area (Å²) in [6.07, 6.45) is 5.01. The first-order valence-corrected chi connectivity index (χ1v) is 11.1. The number of carbonyl (C=O) groups excluding carboxylic acids is 2. The Bertz CT molecular complexity index is 799. The maximum absolute atomic E-state index is 13.0. The molecule has 0 atom stereocenters. The van der Waals surface area contributed by atoms with Gasteiger partial charge in [0.15, 0.2) is 0 Å². The average molecular weight is 411 g/mol. The molecule has 1 N–H and O–H groups in total. The van der Waals surface area contributed by atoms with Gasteiger partial charge in [-0.05, 0) is 37.1 Å². The van der Waals surface area contributed by atoms with E-state index < -0.39 is 15.8 Å². The number of nitrogens with one attached hydrogen (secondary N) is 1. The molecule has 1 aliphatic carbocycles. The summed E-state index contributed by atoms with van der Waals surface area (Å²) in [5.74, 6) is -0.766. The first kappa shape index (κ1) is 20.7. The van der Waals surface area contributed by atoms with E-state index in [-0.39, 0.29) is 55.4 Å². The molecule has 1 saturated carbocycles. The maximum Gasteiger partial charge on any atom is 0.243 e. The summed E-state index contributed by atoms with van der Waals surface area (Å²) in [7, 11) is -3.71. The Morgan fingerprint density at radius 2 is 1.61 bits per heavy atom. The predicted molar refractivity (Wildman–Crippen MR) is 101 cm³/mol. The van der Waals surface area contributed by atoms with Gasteiger partial charge in [-0.2, -0.15) is 4.31 Å². The Morgan fingerprint density at radius 1 is 1.00 bits per heavy atom. The van der Waals surface area contributed by atoms with Gasteiger partial charge in [-0.1, -0.05) is 19.3 Å². The minimum atomic E-state index is -3.71. The number of piperazine rings is 1. The number of benzene rings is 1. The van der Waals surface area contributed by atoms with Crippen LogP contribution in [0, 0.1) is 11.7 Å². The summed E-state index contributed by atoms with van der Waals surface area (Å²) >= 11 is 0. The molecular formula is C19H26FN3O4S. The number of hydrogen-bond donors (Lipinski definition) is 1. The molecule has 0 bridgehead atoms. The zero-order valence-electron chi connectivity index (χ0n) is 15.8. The van der Waals surface area contributed by atoms with Crippen molar-refractivity contribution >= 4 is 21.8 Å². The van der Waals surface area contributed by atoms with Crippen molar-refractivity contribution in [2.75, 3.05) is 32.7 Å². The molecule has 1 aromatic carbocycles. The van der Waals surface area contributed by atoms with Gasteiger partial charge in [0.25, 0.3) is 0 Å². The van der Waals surface area contributed by atoms with Crippen LogP contribution in [-0.4, -0.2) is 62.2 Å². The molecule has 0 aromatic heterocycles. The van der Waals surface area contributed by atoms with Gasteiger partial charge in [0, 0.05) is 32.1 Å². The number of carbonyl (C=O) groups is 2. The van der Waals surface area contributed by atoms with Crippen LogP contribution >= 0.6 is 0 Å². The van der Waals surface area contributed by atoms with Crippen LogP contribution < -0.4 is 5.32 Å². The lowest BCUT2D eigenvalue weighted by Gasteiger charge is -2.34. The monoisotopic (exact) mass is 411 g/mol. The third-order valence-electron chi connectivity index (χ3n) is 5.43. The number of rotatable bonds is 5. The molecule has 2 fully saturated rings. The standard InChI is InChI=1S/C19H26FN3O4S/c20-16-6-8-17(9-7-16)28(26,27)23-12-10-22(11-13-23)18(24)14-21-19(25)15-4-2-1-3-5-15/h6-9,15H,1-5,10-14H2,(H,21,25). The Labute approximate surface area is 164 Å².